The number of anilines is 2. The van der Waals surface area contributed by atoms with Gasteiger partial charge >= 0.3 is 0 Å². The number of nitrogens with zero attached hydrogens (tertiary/aromatic N) is 3. The summed E-state index contributed by atoms with van der Waals surface area (Å²) in [6.45, 7) is 3.14. The Bertz CT molecular complexity index is 1310. The van der Waals surface area contributed by atoms with Gasteiger partial charge in [-0.25, -0.2) is 4.98 Å². The third-order valence-corrected chi connectivity index (χ3v) is 6.12. The minimum atomic E-state index is -0.217. The van der Waals surface area contributed by atoms with E-state index in [-0.39, 0.29) is 11.6 Å². The number of fused-ring (bicyclic) bond motifs is 1. The van der Waals surface area contributed by atoms with Crippen LogP contribution < -0.4 is 16.2 Å². The molecule has 1 amide bonds. The third-order valence-electron chi connectivity index (χ3n) is 5.35. The zero-order valence-corrected chi connectivity index (χ0v) is 18.2. The van der Waals surface area contributed by atoms with Crippen molar-refractivity contribution in [3.8, 4) is 28.3 Å². The molecule has 5 rings (SSSR count). The number of benzene rings is 2. The molecule has 0 spiro atoms. The molecule has 4 aromatic rings. The Morgan fingerprint density at radius 1 is 1.09 bits per heavy atom. The topological polar surface area (TPSA) is 120 Å². The van der Waals surface area contributed by atoms with E-state index < -0.39 is 0 Å². The highest BCUT2D eigenvalue weighted by Crippen LogP contribution is 2.32. The first-order chi connectivity index (χ1) is 15.5. The average molecular weight is 448 g/mol. The Balaban J connectivity index is 1.40. The molecule has 32 heavy (non-hydrogen) atoms. The van der Waals surface area contributed by atoms with Crippen molar-refractivity contribution in [1.82, 2.24) is 15.0 Å². The quantitative estimate of drug-likeness (QED) is 0.456. The number of carbonyl (C=O) groups excluding carboxylic acids is 1. The van der Waals surface area contributed by atoms with Gasteiger partial charge < -0.3 is 25.6 Å². The number of hydrogen-bond donors (Lipinski definition) is 2. The lowest BCUT2D eigenvalue weighted by atomic mass is 10.0. The Hall–Kier alpha value is -3.85. The number of hydrogen-bond acceptors (Lipinski definition) is 8. The van der Waals surface area contributed by atoms with Gasteiger partial charge in [0.1, 0.15) is 18.1 Å². The zero-order chi connectivity index (χ0) is 22.2. The maximum atomic E-state index is 13.1. The number of nitrogens with two attached hydrogens (primary N) is 2. The minimum absolute atomic E-state index is 0.217. The lowest BCUT2D eigenvalue weighted by Crippen LogP contribution is -2.32. The van der Waals surface area contributed by atoms with Gasteiger partial charge in [0.25, 0.3) is 5.91 Å². The van der Waals surface area contributed by atoms with Crippen molar-refractivity contribution in [2.75, 3.05) is 24.6 Å². The summed E-state index contributed by atoms with van der Waals surface area (Å²) in [4.78, 5) is 19.2. The standard InChI is InChI=1S/C23H21N5O3S/c1-13-26-20(12-32-13)22-10-19(27-31-22)23(29)28-6-7-30-21-5-3-14(8-16(21)11-28)15-2-4-17(24)18(25)9-15/h2-5,8-10,12H,6-7,11,24-25H2,1H3. The van der Waals surface area contributed by atoms with E-state index >= 15 is 0 Å². The second-order valence-corrected chi connectivity index (χ2v) is 8.63. The van der Waals surface area contributed by atoms with Crippen LogP contribution in [-0.4, -0.2) is 34.1 Å². The lowest BCUT2D eigenvalue weighted by molar-refractivity contribution is 0.0723. The maximum Gasteiger partial charge on any atom is 0.276 e. The SMILES string of the molecule is Cc1nc(-c2cc(C(=O)N3CCOc4ccc(-c5ccc(N)c(N)c5)cc4C3)no2)cs1. The smallest absolute Gasteiger partial charge is 0.276 e. The molecule has 0 saturated heterocycles. The van der Waals surface area contributed by atoms with E-state index in [1.165, 1.54) is 11.3 Å². The van der Waals surface area contributed by atoms with Crippen LogP contribution in [0.25, 0.3) is 22.6 Å². The van der Waals surface area contributed by atoms with Crippen LogP contribution in [-0.2, 0) is 6.54 Å². The van der Waals surface area contributed by atoms with Gasteiger partial charge in [-0.3, -0.25) is 4.79 Å². The molecule has 0 saturated carbocycles. The van der Waals surface area contributed by atoms with Crippen molar-refractivity contribution < 1.29 is 14.1 Å². The lowest BCUT2D eigenvalue weighted by Gasteiger charge is -2.18. The summed E-state index contributed by atoms with van der Waals surface area (Å²) in [6.07, 6.45) is 0. The first-order valence-corrected chi connectivity index (χ1v) is 11.0. The highest BCUT2D eigenvalue weighted by Gasteiger charge is 2.25. The molecule has 0 bridgehead atoms. The van der Waals surface area contributed by atoms with Crippen molar-refractivity contribution in [1.29, 1.82) is 0 Å². The molecule has 162 valence electrons. The highest BCUT2D eigenvalue weighted by molar-refractivity contribution is 7.09. The summed E-state index contributed by atoms with van der Waals surface area (Å²) >= 11 is 1.52. The summed E-state index contributed by atoms with van der Waals surface area (Å²) < 4.78 is 11.3. The molecule has 8 nitrogen and oxygen atoms in total. The summed E-state index contributed by atoms with van der Waals surface area (Å²) in [6, 6.07) is 13.1. The summed E-state index contributed by atoms with van der Waals surface area (Å²) in [7, 11) is 0. The van der Waals surface area contributed by atoms with Crippen LogP contribution in [0.4, 0.5) is 11.4 Å². The van der Waals surface area contributed by atoms with Crippen LogP contribution in [0.5, 0.6) is 5.75 Å². The van der Waals surface area contributed by atoms with Gasteiger partial charge in [0.05, 0.1) is 22.9 Å². The largest absolute Gasteiger partial charge is 0.491 e. The first-order valence-electron chi connectivity index (χ1n) is 10.1. The van der Waals surface area contributed by atoms with Crippen molar-refractivity contribution in [2.45, 2.75) is 13.5 Å². The Morgan fingerprint density at radius 3 is 2.69 bits per heavy atom. The molecule has 3 heterocycles. The molecule has 0 atom stereocenters. The molecule has 4 N–H and O–H groups in total. The number of aryl methyl sites for hydroxylation is 1. The average Bonchev–Trinajstić information content (AvgIpc) is 3.39. The minimum Gasteiger partial charge on any atom is -0.491 e. The summed E-state index contributed by atoms with van der Waals surface area (Å²) in [5.74, 6) is 1.02. The van der Waals surface area contributed by atoms with Crippen molar-refractivity contribution in [3.63, 3.8) is 0 Å². The van der Waals surface area contributed by atoms with Crippen LogP contribution in [0.15, 0.2) is 52.4 Å². The van der Waals surface area contributed by atoms with Crippen LogP contribution in [0.2, 0.25) is 0 Å². The molecule has 0 unspecified atom stereocenters. The number of aromatic nitrogens is 2. The van der Waals surface area contributed by atoms with E-state index in [1.54, 1.807) is 17.0 Å². The van der Waals surface area contributed by atoms with Gasteiger partial charge in [0, 0.05) is 23.6 Å². The predicted molar refractivity (Wildman–Crippen MR) is 123 cm³/mol. The van der Waals surface area contributed by atoms with E-state index in [4.69, 9.17) is 20.7 Å². The Morgan fingerprint density at radius 2 is 1.91 bits per heavy atom. The number of amides is 1. The van der Waals surface area contributed by atoms with E-state index in [0.717, 1.165) is 27.4 Å². The molecule has 2 aromatic heterocycles. The maximum absolute atomic E-state index is 13.1. The van der Waals surface area contributed by atoms with E-state index in [0.29, 0.717) is 42.5 Å². The van der Waals surface area contributed by atoms with Crippen LogP contribution in [0.3, 0.4) is 0 Å². The summed E-state index contributed by atoms with van der Waals surface area (Å²) in [5, 5.41) is 6.78. The van der Waals surface area contributed by atoms with E-state index in [1.807, 2.05) is 42.6 Å². The van der Waals surface area contributed by atoms with Gasteiger partial charge in [0.15, 0.2) is 11.5 Å². The normalized spacial score (nSPS) is 13.3. The van der Waals surface area contributed by atoms with Gasteiger partial charge in [-0.2, -0.15) is 0 Å². The number of nitrogen functional groups attached to an aromatic ring is 2. The van der Waals surface area contributed by atoms with Crippen molar-refractivity contribution in [2.24, 2.45) is 0 Å². The second-order valence-electron chi connectivity index (χ2n) is 7.57. The molecule has 1 aliphatic heterocycles. The van der Waals surface area contributed by atoms with Gasteiger partial charge in [-0.15, -0.1) is 11.3 Å². The Labute approximate surface area is 188 Å². The van der Waals surface area contributed by atoms with Crippen LogP contribution >= 0.6 is 11.3 Å². The fraction of sp³-hybridized carbons (Fsp3) is 0.174. The summed E-state index contributed by atoms with van der Waals surface area (Å²) in [5.41, 5.74) is 16.6. The molecule has 0 fully saturated rings. The van der Waals surface area contributed by atoms with Crippen molar-refractivity contribution in [3.05, 3.63) is 64.1 Å². The number of carbonyl (C=O) groups is 1. The monoisotopic (exact) mass is 447 g/mol. The van der Waals surface area contributed by atoms with E-state index in [9.17, 15) is 4.79 Å². The highest BCUT2D eigenvalue weighted by atomic mass is 32.1. The van der Waals surface area contributed by atoms with E-state index in [2.05, 4.69) is 10.1 Å². The molecule has 9 heteroatoms. The molecular formula is C23H21N5O3S. The Kier molecular flexibility index (Phi) is 5.02. The zero-order valence-electron chi connectivity index (χ0n) is 17.4. The second kappa shape index (κ2) is 8.01. The first kappa shape index (κ1) is 20.1. The number of ether oxygens (including phenoxy) is 1. The van der Waals surface area contributed by atoms with Gasteiger partial charge in [0.2, 0.25) is 0 Å². The third kappa shape index (κ3) is 3.78. The van der Waals surface area contributed by atoms with Crippen molar-refractivity contribution >= 4 is 28.6 Å². The molecule has 0 aliphatic carbocycles. The van der Waals surface area contributed by atoms with Gasteiger partial charge in [-0.05, 0) is 42.3 Å². The molecular weight excluding hydrogens is 426 g/mol. The molecule has 1 aliphatic rings. The fourth-order valence-electron chi connectivity index (χ4n) is 3.64. The van der Waals surface area contributed by atoms with Gasteiger partial charge in [-0.1, -0.05) is 17.3 Å². The predicted octanol–water partition coefficient (Wildman–Crippen LogP) is 3.97. The van der Waals surface area contributed by atoms with Crippen LogP contribution in [0.1, 0.15) is 21.1 Å². The molecule has 2 aromatic carbocycles. The van der Waals surface area contributed by atoms with Crippen LogP contribution in [0, 0.1) is 6.92 Å². The fourth-order valence-corrected chi connectivity index (χ4v) is 4.24. The number of rotatable bonds is 3. The molecule has 0 radical (unpaired) electrons. The number of thiazole rings is 1.